The fourth-order valence-corrected chi connectivity index (χ4v) is 2.81. The van der Waals surface area contributed by atoms with Gasteiger partial charge in [-0.1, -0.05) is 25.0 Å². The molecule has 1 aliphatic heterocycles. The van der Waals surface area contributed by atoms with Crippen LogP contribution in [0.15, 0.2) is 24.3 Å². The summed E-state index contributed by atoms with van der Waals surface area (Å²) in [5.41, 5.74) is 1.00. The minimum Gasteiger partial charge on any atom is -0.497 e. The molecule has 1 aromatic carbocycles. The van der Waals surface area contributed by atoms with Gasteiger partial charge in [0.1, 0.15) is 17.9 Å². The van der Waals surface area contributed by atoms with Gasteiger partial charge >= 0.3 is 12.1 Å². The Labute approximate surface area is 147 Å². The van der Waals surface area contributed by atoms with Gasteiger partial charge in [-0.05, 0) is 37.5 Å². The van der Waals surface area contributed by atoms with Crippen molar-refractivity contribution in [3.05, 3.63) is 29.8 Å². The smallest absolute Gasteiger partial charge is 0.405 e. The van der Waals surface area contributed by atoms with E-state index in [4.69, 9.17) is 19.3 Å². The van der Waals surface area contributed by atoms with Crippen LogP contribution in [0.3, 0.4) is 0 Å². The van der Waals surface area contributed by atoms with Crippen molar-refractivity contribution in [3.63, 3.8) is 0 Å². The van der Waals surface area contributed by atoms with Gasteiger partial charge in [0.05, 0.1) is 19.8 Å². The molecule has 1 aliphatic rings. The first kappa shape index (κ1) is 19.1. The number of carbonyl (C=O) groups is 2. The summed E-state index contributed by atoms with van der Waals surface area (Å²) in [6.07, 6.45) is 0.868. The van der Waals surface area contributed by atoms with E-state index in [-0.39, 0.29) is 6.10 Å². The topological polar surface area (TPSA) is 94.1 Å². The van der Waals surface area contributed by atoms with E-state index >= 15 is 0 Å². The Morgan fingerprint density at radius 3 is 2.60 bits per heavy atom. The van der Waals surface area contributed by atoms with Gasteiger partial charge in [-0.25, -0.2) is 9.59 Å². The molecule has 2 rings (SSSR count). The Hall–Kier alpha value is -2.28. The highest BCUT2D eigenvalue weighted by molar-refractivity contribution is 5.80. The van der Waals surface area contributed by atoms with Crippen molar-refractivity contribution in [3.8, 4) is 5.75 Å². The second-order valence-corrected chi connectivity index (χ2v) is 6.13. The van der Waals surface area contributed by atoms with E-state index in [2.05, 4.69) is 5.32 Å². The lowest BCUT2D eigenvalue weighted by Gasteiger charge is -2.24. The van der Waals surface area contributed by atoms with Gasteiger partial charge in [0.2, 0.25) is 0 Å². The Balaban J connectivity index is 1.93. The van der Waals surface area contributed by atoms with Crippen LogP contribution >= 0.6 is 0 Å². The Morgan fingerprint density at radius 1 is 1.28 bits per heavy atom. The average molecular weight is 351 g/mol. The van der Waals surface area contributed by atoms with E-state index in [1.54, 1.807) is 14.0 Å². The van der Waals surface area contributed by atoms with Crippen molar-refractivity contribution in [2.45, 2.75) is 57.5 Å². The fourth-order valence-electron chi connectivity index (χ4n) is 2.81. The van der Waals surface area contributed by atoms with E-state index in [9.17, 15) is 9.59 Å². The lowest BCUT2D eigenvalue weighted by molar-refractivity contribution is -0.159. The van der Waals surface area contributed by atoms with Gasteiger partial charge < -0.3 is 24.6 Å². The molecule has 7 heteroatoms. The molecule has 1 fully saturated rings. The van der Waals surface area contributed by atoms with Gasteiger partial charge in [-0.2, -0.15) is 0 Å². The summed E-state index contributed by atoms with van der Waals surface area (Å²) in [4.78, 5) is 22.9. The second-order valence-electron chi connectivity index (χ2n) is 6.13. The number of carboxylic acid groups (broad SMARTS) is 1. The molecule has 0 bridgehead atoms. The molecule has 0 saturated carbocycles. The number of nitrogens with one attached hydrogen (secondary N) is 1. The van der Waals surface area contributed by atoms with Gasteiger partial charge in [-0.15, -0.1) is 0 Å². The molecule has 1 amide bonds. The van der Waals surface area contributed by atoms with E-state index in [0.717, 1.165) is 30.6 Å². The third-order valence-electron chi connectivity index (χ3n) is 4.26. The fraction of sp³-hybridized carbons (Fsp3) is 0.556. The molecule has 0 spiro atoms. The molecule has 25 heavy (non-hydrogen) atoms. The Bertz CT molecular complexity index is 573. The number of amides is 1. The standard InChI is InChI=1S/C18H25NO6/c1-12-16(24-11-13-7-9-14(23-2)10-8-13)6-4-3-5-15(17(20)25-12)19-18(21)22/h7-10,12,15-16,19H,3-6,11H2,1-2H3,(H,21,22)/t12?,15-,16?/m0/s1. The second kappa shape index (κ2) is 9.27. The van der Waals surface area contributed by atoms with Crippen LogP contribution in [0, 0.1) is 0 Å². The maximum Gasteiger partial charge on any atom is 0.405 e. The van der Waals surface area contributed by atoms with Crippen LogP contribution in [0.4, 0.5) is 4.79 Å². The number of cyclic esters (lactones) is 1. The normalized spacial score (nSPS) is 24.4. The van der Waals surface area contributed by atoms with Crippen molar-refractivity contribution >= 4 is 12.1 Å². The highest BCUT2D eigenvalue weighted by Gasteiger charge is 2.29. The Morgan fingerprint density at radius 2 is 1.96 bits per heavy atom. The van der Waals surface area contributed by atoms with E-state index in [1.165, 1.54) is 0 Å². The van der Waals surface area contributed by atoms with Crippen LogP contribution in [0.25, 0.3) is 0 Å². The molecule has 2 N–H and O–H groups in total. The first-order chi connectivity index (χ1) is 12.0. The highest BCUT2D eigenvalue weighted by atomic mass is 16.6. The number of ether oxygens (including phenoxy) is 3. The lowest BCUT2D eigenvalue weighted by Crippen LogP contribution is -2.43. The average Bonchev–Trinajstić information content (AvgIpc) is 2.64. The molecule has 1 aromatic rings. The molecular formula is C18H25NO6. The van der Waals surface area contributed by atoms with Gasteiger partial charge in [0, 0.05) is 0 Å². The number of hydrogen-bond acceptors (Lipinski definition) is 5. The first-order valence-corrected chi connectivity index (χ1v) is 8.44. The molecule has 0 aliphatic carbocycles. The Kier molecular flexibility index (Phi) is 7.06. The molecule has 0 radical (unpaired) electrons. The summed E-state index contributed by atoms with van der Waals surface area (Å²) in [5, 5.41) is 11.0. The zero-order chi connectivity index (χ0) is 18.2. The van der Waals surface area contributed by atoms with E-state index < -0.39 is 24.2 Å². The summed E-state index contributed by atoms with van der Waals surface area (Å²) in [5.74, 6) is 0.236. The summed E-state index contributed by atoms with van der Waals surface area (Å²) in [7, 11) is 1.62. The molecule has 7 nitrogen and oxygen atoms in total. The summed E-state index contributed by atoms with van der Waals surface area (Å²) < 4.78 is 16.5. The zero-order valence-electron chi connectivity index (χ0n) is 14.6. The van der Waals surface area contributed by atoms with Crippen LogP contribution in [0.2, 0.25) is 0 Å². The third kappa shape index (κ3) is 5.94. The number of carbonyl (C=O) groups excluding carboxylic acids is 1. The van der Waals surface area contributed by atoms with Crippen LogP contribution < -0.4 is 10.1 Å². The predicted octanol–water partition coefficient (Wildman–Crippen LogP) is 2.72. The minimum absolute atomic E-state index is 0.227. The maximum atomic E-state index is 12.1. The van der Waals surface area contributed by atoms with Gasteiger partial charge in [0.25, 0.3) is 0 Å². The quantitative estimate of drug-likeness (QED) is 0.792. The van der Waals surface area contributed by atoms with Crippen LogP contribution in [0.1, 0.15) is 38.2 Å². The van der Waals surface area contributed by atoms with Crippen molar-refractivity contribution < 1.29 is 28.9 Å². The number of hydrogen-bond donors (Lipinski definition) is 2. The van der Waals surface area contributed by atoms with Crippen molar-refractivity contribution in [1.29, 1.82) is 0 Å². The molecule has 2 unspecified atom stereocenters. The van der Waals surface area contributed by atoms with Crippen molar-refractivity contribution in [1.82, 2.24) is 5.32 Å². The summed E-state index contributed by atoms with van der Waals surface area (Å²) in [6.45, 7) is 2.19. The van der Waals surface area contributed by atoms with Crippen LogP contribution in [0.5, 0.6) is 5.75 Å². The lowest BCUT2D eigenvalue weighted by atomic mass is 10.1. The zero-order valence-corrected chi connectivity index (χ0v) is 14.6. The SMILES string of the molecule is COc1ccc(COC2CCCC[C@H](NC(=O)O)C(=O)OC2C)cc1. The van der Waals surface area contributed by atoms with Crippen molar-refractivity contribution in [2.75, 3.05) is 7.11 Å². The third-order valence-corrected chi connectivity index (χ3v) is 4.26. The summed E-state index contributed by atoms with van der Waals surface area (Å²) in [6, 6.07) is 6.77. The molecule has 1 heterocycles. The number of rotatable bonds is 5. The highest BCUT2D eigenvalue weighted by Crippen LogP contribution is 2.20. The van der Waals surface area contributed by atoms with E-state index in [0.29, 0.717) is 13.0 Å². The molecular weight excluding hydrogens is 326 g/mol. The van der Waals surface area contributed by atoms with Crippen molar-refractivity contribution in [2.24, 2.45) is 0 Å². The van der Waals surface area contributed by atoms with Crippen LogP contribution in [-0.4, -0.2) is 42.5 Å². The van der Waals surface area contributed by atoms with Gasteiger partial charge in [-0.3, -0.25) is 0 Å². The molecule has 0 aromatic heterocycles. The first-order valence-electron chi connectivity index (χ1n) is 8.44. The maximum absolute atomic E-state index is 12.1. The summed E-state index contributed by atoms with van der Waals surface area (Å²) >= 11 is 0. The monoisotopic (exact) mass is 351 g/mol. The van der Waals surface area contributed by atoms with Gasteiger partial charge in [0.15, 0.2) is 0 Å². The minimum atomic E-state index is -1.22. The number of methoxy groups -OCH3 is 1. The van der Waals surface area contributed by atoms with E-state index in [1.807, 2.05) is 24.3 Å². The predicted molar refractivity (Wildman–Crippen MR) is 90.5 cm³/mol. The molecule has 1 saturated heterocycles. The van der Waals surface area contributed by atoms with Crippen LogP contribution in [-0.2, 0) is 20.9 Å². The molecule has 138 valence electrons. The largest absolute Gasteiger partial charge is 0.497 e. The number of esters is 1. The number of benzene rings is 1. The molecule has 3 atom stereocenters.